The van der Waals surface area contributed by atoms with E-state index in [9.17, 15) is 9.59 Å². The van der Waals surface area contributed by atoms with Crippen molar-refractivity contribution in [3.8, 4) is 11.5 Å². The molecule has 0 atom stereocenters. The fourth-order valence-corrected chi connectivity index (χ4v) is 5.57. The molecule has 0 saturated heterocycles. The van der Waals surface area contributed by atoms with Crippen LogP contribution in [0.1, 0.15) is 73.0 Å². The Balaban J connectivity index is 1.58. The van der Waals surface area contributed by atoms with Gasteiger partial charge in [0.15, 0.2) is 6.29 Å². The van der Waals surface area contributed by atoms with Gasteiger partial charge in [0, 0.05) is 37.1 Å². The monoisotopic (exact) mass is 524 g/mol. The molecule has 0 unspecified atom stereocenters. The predicted molar refractivity (Wildman–Crippen MR) is 146 cm³/mol. The van der Waals surface area contributed by atoms with Gasteiger partial charge in [0.1, 0.15) is 23.6 Å². The Hall–Kier alpha value is -3.10. The van der Waals surface area contributed by atoms with Crippen molar-refractivity contribution in [1.82, 2.24) is 4.90 Å². The molecule has 1 saturated carbocycles. The van der Waals surface area contributed by atoms with Crippen LogP contribution in [0.5, 0.6) is 11.5 Å². The van der Waals surface area contributed by atoms with Crippen LogP contribution in [0, 0.1) is 13.8 Å². The van der Waals surface area contributed by atoms with Crippen molar-refractivity contribution in [3.63, 3.8) is 0 Å². The number of fused-ring (bicyclic) bond motifs is 1. The van der Waals surface area contributed by atoms with E-state index in [1.165, 1.54) is 0 Å². The fraction of sp³-hybridized carbons (Fsp3) is 0.533. The summed E-state index contributed by atoms with van der Waals surface area (Å²) in [6.45, 7) is 9.43. The van der Waals surface area contributed by atoms with Gasteiger partial charge in [0.25, 0.3) is 5.91 Å². The van der Waals surface area contributed by atoms with Crippen molar-refractivity contribution < 1.29 is 28.5 Å². The summed E-state index contributed by atoms with van der Waals surface area (Å²) >= 11 is 0. The third-order valence-corrected chi connectivity index (χ3v) is 7.62. The zero-order valence-corrected chi connectivity index (χ0v) is 23.2. The standard InChI is InChI=1S/C30H40N2O6/c1-6-36-27(37-7-2)19-38-23-15-21(4)25-18-32(28(33)24(25)17-23)30(13-9-8-10-14-30)29(34)31-22-12-11-20(3)26(16-22)35-5/h11-12,15-17,27H,6-10,13-14,18-19H2,1-5H3,(H,31,34). The van der Waals surface area contributed by atoms with Crippen LogP contribution in [0.4, 0.5) is 5.69 Å². The average Bonchev–Trinajstić information content (AvgIpc) is 3.26. The van der Waals surface area contributed by atoms with Gasteiger partial charge in [-0.15, -0.1) is 0 Å². The fourth-order valence-electron chi connectivity index (χ4n) is 5.57. The SMILES string of the molecule is CCOC(COc1cc(C)c2c(c1)C(=O)N(C1(C(=O)Nc3ccc(C)c(OC)c3)CCCCC1)C2)OCC. The van der Waals surface area contributed by atoms with Crippen LogP contribution in [0.2, 0.25) is 0 Å². The largest absolute Gasteiger partial charge is 0.496 e. The molecule has 2 aromatic carbocycles. The van der Waals surface area contributed by atoms with Gasteiger partial charge < -0.3 is 29.2 Å². The molecule has 2 amide bonds. The molecule has 38 heavy (non-hydrogen) atoms. The molecule has 0 spiro atoms. The number of benzene rings is 2. The Morgan fingerprint density at radius 1 is 1.03 bits per heavy atom. The highest BCUT2D eigenvalue weighted by Crippen LogP contribution is 2.42. The number of methoxy groups -OCH3 is 1. The quantitative estimate of drug-likeness (QED) is 0.397. The van der Waals surface area contributed by atoms with Gasteiger partial charge in [-0.3, -0.25) is 9.59 Å². The lowest BCUT2D eigenvalue weighted by atomic mass is 9.79. The molecular weight excluding hydrogens is 484 g/mol. The Bertz CT molecular complexity index is 1150. The number of carbonyl (C=O) groups is 2. The number of hydrogen-bond donors (Lipinski definition) is 1. The summed E-state index contributed by atoms with van der Waals surface area (Å²) in [7, 11) is 1.62. The van der Waals surface area contributed by atoms with Crippen molar-refractivity contribution >= 4 is 17.5 Å². The van der Waals surface area contributed by atoms with E-state index in [1.807, 2.05) is 52.0 Å². The molecule has 2 aromatic rings. The Labute approximate surface area is 225 Å². The molecular formula is C30H40N2O6. The lowest BCUT2D eigenvalue weighted by Crippen LogP contribution is -2.58. The summed E-state index contributed by atoms with van der Waals surface area (Å²) in [5, 5.41) is 3.10. The van der Waals surface area contributed by atoms with Crippen LogP contribution in [0.15, 0.2) is 30.3 Å². The van der Waals surface area contributed by atoms with Gasteiger partial charge in [0.05, 0.1) is 7.11 Å². The van der Waals surface area contributed by atoms with E-state index in [2.05, 4.69) is 5.32 Å². The van der Waals surface area contributed by atoms with Crippen LogP contribution in [-0.4, -0.2) is 55.5 Å². The van der Waals surface area contributed by atoms with Gasteiger partial charge in [-0.25, -0.2) is 0 Å². The van der Waals surface area contributed by atoms with Gasteiger partial charge in [-0.1, -0.05) is 25.3 Å². The maximum absolute atomic E-state index is 13.9. The van der Waals surface area contributed by atoms with Gasteiger partial charge >= 0.3 is 0 Å². The lowest BCUT2D eigenvalue weighted by molar-refractivity contribution is -0.152. The summed E-state index contributed by atoms with van der Waals surface area (Å²) in [6, 6.07) is 9.36. The summed E-state index contributed by atoms with van der Waals surface area (Å²) in [5.74, 6) is 1.03. The predicted octanol–water partition coefficient (Wildman–Crippen LogP) is 5.39. The number of aryl methyl sites for hydroxylation is 2. The van der Waals surface area contributed by atoms with Crippen LogP contribution >= 0.6 is 0 Å². The minimum atomic E-state index is -0.908. The highest BCUT2D eigenvalue weighted by atomic mass is 16.7. The molecule has 0 bridgehead atoms. The van der Waals surface area contributed by atoms with E-state index in [-0.39, 0.29) is 18.4 Å². The lowest BCUT2D eigenvalue weighted by Gasteiger charge is -2.43. The van der Waals surface area contributed by atoms with E-state index in [0.717, 1.165) is 36.0 Å². The van der Waals surface area contributed by atoms with Crippen molar-refractivity contribution in [2.45, 2.75) is 78.2 Å². The smallest absolute Gasteiger partial charge is 0.255 e. The number of nitrogens with zero attached hydrogens (tertiary/aromatic N) is 1. The second-order valence-corrected chi connectivity index (χ2v) is 10.0. The number of carbonyl (C=O) groups excluding carboxylic acids is 2. The van der Waals surface area contributed by atoms with Gasteiger partial charge in [-0.2, -0.15) is 0 Å². The van der Waals surface area contributed by atoms with E-state index in [1.54, 1.807) is 18.1 Å². The maximum atomic E-state index is 13.9. The van der Waals surface area contributed by atoms with Crippen molar-refractivity contribution in [1.29, 1.82) is 0 Å². The highest BCUT2D eigenvalue weighted by molar-refractivity contribution is 6.06. The highest BCUT2D eigenvalue weighted by Gasteiger charge is 2.50. The molecule has 8 heteroatoms. The Kier molecular flexibility index (Phi) is 8.95. The van der Waals surface area contributed by atoms with Gasteiger partial charge in [-0.05, 0) is 75.4 Å². The third-order valence-electron chi connectivity index (χ3n) is 7.62. The molecule has 206 valence electrons. The number of ether oxygens (including phenoxy) is 4. The number of rotatable bonds is 11. The maximum Gasteiger partial charge on any atom is 0.255 e. The molecule has 0 aromatic heterocycles. The zero-order chi connectivity index (χ0) is 27.3. The molecule has 1 heterocycles. The second-order valence-electron chi connectivity index (χ2n) is 10.0. The summed E-state index contributed by atoms with van der Waals surface area (Å²) in [5.41, 5.74) is 3.26. The second kappa shape index (κ2) is 12.2. The van der Waals surface area contributed by atoms with Gasteiger partial charge in [0.2, 0.25) is 5.91 Å². The first-order valence-corrected chi connectivity index (χ1v) is 13.6. The molecule has 1 aliphatic carbocycles. The van der Waals surface area contributed by atoms with Crippen LogP contribution in [0.25, 0.3) is 0 Å². The van der Waals surface area contributed by atoms with Crippen molar-refractivity contribution in [3.05, 3.63) is 52.6 Å². The van der Waals surface area contributed by atoms with E-state index < -0.39 is 11.8 Å². The van der Waals surface area contributed by atoms with Crippen LogP contribution in [-0.2, 0) is 20.8 Å². The van der Waals surface area contributed by atoms with Crippen LogP contribution < -0.4 is 14.8 Å². The van der Waals surface area contributed by atoms with E-state index >= 15 is 0 Å². The number of hydrogen-bond acceptors (Lipinski definition) is 6. The average molecular weight is 525 g/mol. The molecule has 2 aliphatic rings. The third kappa shape index (κ3) is 5.66. The first-order valence-electron chi connectivity index (χ1n) is 13.6. The molecule has 1 aliphatic heterocycles. The van der Waals surface area contributed by atoms with Crippen LogP contribution in [0.3, 0.4) is 0 Å². The normalized spacial score (nSPS) is 16.5. The summed E-state index contributed by atoms with van der Waals surface area (Å²) < 4.78 is 22.6. The minimum Gasteiger partial charge on any atom is -0.496 e. The molecule has 4 rings (SSSR count). The number of nitrogens with one attached hydrogen (secondary N) is 1. The van der Waals surface area contributed by atoms with Crippen molar-refractivity contribution in [2.75, 3.05) is 32.2 Å². The number of amides is 2. The molecule has 0 radical (unpaired) electrons. The van der Waals surface area contributed by atoms with Crippen molar-refractivity contribution in [2.24, 2.45) is 0 Å². The minimum absolute atomic E-state index is 0.127. The van der Waals surface area contributed by atoms with E-state index in [4.69, 9.17) is 18.9 Å². The Morgan fingerprint density at radius 3 is 2.39 bits per heavy atom. The summed E-state index contributed by atoms with van der Waals surface area (Å²) in [6.07, 6.45) is 3.64. The summed E-state index contributed by atoms with van der Waals surface area (Å²) in [4.78, 5) is 29.6. The first kappa shape index (κ1) is 27.9. The first-order chi connectivity index (χ1) is 18.3. The Morgan fingerprint density at radius 2 is 1.74 bits per heavy atom. The zero-order valence-electron chi connectivity index (χ0n) is 23.2. The molecule has 8 nitrogen and oxygen atoms in total. The molecule has 1 N–H and O–H groups in total. The van der Waals surface area contributed by atoms with E-state index in [0.29, 0.717) is 55.4 Å². The topological polar surface area (TPSA) is 86.3 Å². The number of anilines is 1. The molecule has 1 fully saturated rings.